The van der Waals surface area contributed by atoms with Crippen molar-refractivity contribution in [1.82, 2.24) is 10.6 Å². The minimum Gasteiger partial charge on any atom is -0.349 e. The molecule has 2 amide bonds. The molecule has 2 N–H and O–H groups in total. The normalized spacial score (nSPS) is 24.6. The van der Waals surface area contributed by atoms with Gasteiger partial charge in [-0.25, -0.2) is 0 Å². The lowest BCUT2D eigenvalue weighted by Crippen LogP contribution is -2.46. The number of para-hydroxylation sites is 1. The number of benzene rings is 2. The van der Waals surface area contributed by atoms with Gasteiger partial charge in [-0.15, -0.1) is 0 Å². The predicted molar refractivity (Wildman–Crippen MR) is 122 cm³/mol. The Morgan fingerprint density at radius 2 is 1.94 bits per heavy atom. The van der Waals surface area contributed by atoms with Crippen LogP contribution in [0.15, 0.2) is 66.7 Å². The standard InChI is InChI=1S/C26H29N3O2/c30-24(29-15-14-19-8-4-5-9-23(19)29)13-12-21(11-10-18-6-2-1-3-7-18)28-26(31)25-22-16-20(22)17-27-25/h1-9,12-13,20-22,25,27H,10-11,14-17H2,(H,28,31)/t20-,21+,22-,25+/m1/s1. The van der Waals surface area contributed by atoms with Crippen LogP contribution >= 0.6 is 0 Å². The highest BCUT2D eigenvalue weighted by atomic mass is 16.2. The highest BCUT2D eigenvalue weighted by Gasteiger charge is 2.51. The zero-order valence-corrected chi connectivity index (χ0v) is 17.7. The lowest BCUT2D eigenvalue weighted by Gasteiger charge is -2.20. The molecule has 2 aromatic rings. The van der Waals surface area contributed by atoms with E-state index in [0.29, 0.717) is 18.4 Å². The average Bonchev–Trinajstić information content (AvgIpc) is 3.25. The quantitative estimate of drug-likeness (QED) is 0.684. The lowest BCUT2D eigenvalue weighted by molar-refractivity contribution is -0.123. The molecule has 5 nitrogen and oxygen atoms in total. The summed E-state index contributed by atoms with van der Waals surface area (Å²) in [5.74, 6) is 1.20. The highest BCUT2D eigenvalue weighted by molar-refractivity contribution is 6.03. The Hall–Kier alpha value is -2.92. The van der Waals surface area contributed by atoms with E-state index in [1.807, 2.05) is 47.4 Å². The van der Waals surface area contributed by atoms with Gasteiger partial charge >= 0.3 is 0 Å². The summed E-state index contributed by atoms with van der Waals surface area (Å²) >= 11 is 0. The fourth-order valence-corrected chi connectivity index (χ4v) is 4.94. The van der Waals surface area contributed by atoms with Crippen molar-refractivity contribution in [1.29, 1.82) is 0 Å². The Kier molecular flexibility index (Phi) is 5.60. The summed E-state index contributed by atoms with van der Waals surface area (Å²) in [7, 11) is 0. The number of carbonyl (C=O) groups excluding carboxylic acids is 2. The first kappa shape index (κ1) is 20.0. The van der Waals surface area contributed by atoms with Gasteiger partial charge in [-0.1, -0.05) is 54.6 Å². The Morgan fingerprint density at radius 3 is 2.71 bits per heavy atom. The predicted octanol–water partition coefficient (Wildman–Crippen LogP) is 2.86. The van der Waals surface area contributed by atoms with Crippen LogP contribution in [0.3, 0.4) is 0 Å². The molecular weight excluding hydrogens is 386 g/mol. The summed E-state index contributed by atoms with van der Waals surface area (Å²) < 4.78 is 0. The van der Waals surface area contributed by atoms with Crippen molar-refractivity contribution < 1.29 is 9.59 Å². The summed E-state index contributed by atoms with van der Waals surface area (Å²) in [6.45, 7) is 1.65. The van der Waals surface area contributed by atoms with Gasteiger partial charge in [-0.2, -0.15) is 0 Å². The number of piperidine rings is 1. The number of fused-ring (bicyclic) bond motifs is 2. The maximum absolute atomic E-state index is 12.9. The smallest absolute Gasteiger partial charge is 0.250 e. The monoisotopic (exact) mass is 415 g/mol. The molecule has 160 valence electrons. The molecule has 0 spiro atoms. The van der Waals surface area contributed by atoms with Crippen molar-refractivity contribution in [2.75, 3.05) is 18.0 Å². The molecule has 0 unspecified atom stereocenters. The number of nitrogens with one attached hydrogen (secondary N) is 2. The van der Waals surface area contributed by atoms with E-state index in [0.717, 1.165) is 37.9 Å². The third kappa shape index (κ3) is 4.42. The van der Waals surface area contributed by atoms with E-state index in [1.165, 1.54) is 11.1 Å². The van der Waals surface area contributed by atoms with E-state index in [-0.39, 0.29) is 23.9 Å². The van der Waals surface area contributed by atoms with E-state index < -0.39 is 0 Å². The SMILES string of the molecule is O=C(N[C@H](C=CC(=O)N1CCc2ccccc21)CCc1ccccc1)[C@H]1NC[C@H]2C[C@H]21. The van der Waals surface area contributed by atoms with Crippen molar-refractivity contribution in [3.05, 3.63) is 77.9 Å². The van der Waals surface area contributed by atoms with Crippen LogP contribution in [0.25, 0.3) is 0 Å². The van der Waals surface area contributed by atoms with Gasteiger partial charge in [0.25, 0.3) is 5.91 Å². The molecule has 0 bridgehead atoms. The van der Waals surface area contributed by atoms with Crippen molar-refractivity contribution in [3.63, 3.8) is 0 Å². The van der Waals surface area contributed by atoms with Crippen molar-refractivity contribution in [3.8, 4) is 0 Å². The molecule has 1 saturated heterocycles. The number of aryl methyl sites for hydroxylation is 1. The number of anilines is 1. The number of carbonyl (C=O) groups is 2. The Morgan fingerprint density at radius 1 is 1.13 bits per heavy atom. The first-order valence-corrected chi connectivity index (χ1v) is 11.3. The van der Waals surface area contributed by atoms with Crippen LogP contribution in [0.2, 0.25) is 0 Å². The van der Waals surface area contributed by atoms with Crippen LogP contribution in [-0.4, -0.2) is 37.0 Å². The molecule has 0 aromatic heterocycles. The van der Waals surface area contributed by atoms with Crippen LogP contribution in [0.1, 0.15) is 24.0 Å². The molecule has 31 heavy (non-hydrogen) atoms. The van der Waals surface area contributed by atoms with Gasteiger partial charge in [0.05, 0.1) is 6.04 Å². The molecule has 1 aliphatic carbocycles. The average molecular weight is 416 g/mol. The van der Waals surface area contributed by atoms with E-state index in [4.69, 9.17) is 0 Å². The number of amides is 2. The topological polar surface area (TPSA) is 61.4 Å². The van der Waals surface area contributed by atoms with Crippen molar-refractivity contribution in [2.45, 2.75) is 37.8 Å². The van der Waals surface area contributed by atoms with Gasteiger partial charge in [0.1, 0.15) is 0 Å². The van der Waals surface area contributed by atoms with Crippen LogP contribution in [0, 0.1) is 11.8 Å². The van der Waals surface area contributed by atoms with Crippen LogP contribution in [0.5, 0.6) is 0 Å². The minimum absolute atomic E-state index is 0.0230. The van der Waals surface area contributed by atoms with Gasteiger partial charge in [0.2, 0.25) is 5.91 Å². The maximum atomic E-state index is 12.9. The van der Waals surface area contributed by atoms with Crippen molar-refractivity contribution in [2.24, 2.45) is 11.8 Å². The fourth-order valence-electron chi connectivity index (χ4n) is 4.94. The first-order valence-electron chi connectivity index (χ1n) is 11.3. The van der Waals surface area contributed by atoms with Crippen LogP contribution in [0.4, 0.5) is 5.69 Å². The number of hydrogen-bond acceptors (Lipinski definition) is 3. The number of hydrogen-bond donors (Lipinski definition) is 2. The molecule has 0 radical (unpaired) electrons. The molecule has 5 heteroatoms. The van der Waals surface area contributed by atoms with Crippen LogP contribution in [-0.2, 0) is 22.4 Å². The molecule has 2 fully saturated rings. The van der Waals surface area contributed by atoms with Crippen molar-refractivity contribution >= 4 is 17.5 Å². The summed E-state index contributed by atoms with van der Waals surface area (Å²) in [5.41, 5.74) is 3.44. The number of rotatable bonds is 7. The minimum atomic E-state index is -0.172. The van der Waals surface area contributed by atoms with E-state index in [2.05, 4.69) is 28.8 Å². The van der Waals surface area contributed by atoms with Gasteiger partial charge in [0.15, 0.2) is 0 Å². The van der Waals surface area contributed by atoms with Gasteiger partial charge < -0.3 is 15.5 Å². The third-order valence-corrected chi connectivity index (χ3v) is 6.83. The maximum Gasteiger partial charge on any atom is 0.250 e. The van der Waals surface area contributed by atoms with E-state index in [9.17, 15) is 9.59 Å². The molecule has 4 atom stereocenters. The summed E-state index contributed by atoms with van der Waals surface area (Å²) in [5, 5.41) is 6.54. The highest BCUT2D eigenvalue weighted by Crippen LogP contribution is 2.45. The van der Waals surface area contributed by atoms with E-state index in [1.54, 1.807) is 6.08 Å². The molecule has 5 rings (SSSR count). The van der Waals surface area contributed by atoms with E-state index >= 15 is 0 Å². The Balaban J connectivity index is 1.26. The number of nitrogens with zero attached hydrogens (tertiary/aromatic N) is 1. The zero-order valence-electron chi connectivity index (χ0n) is 17.7. The lowest BCUT2D eigenvalue weighted by atomic mass is 10.0. The largest absolute Gasteiger partial charge is 0.349 e. The zero-order chi connectivity index (χ0) is 21.2. The second-order valence-electron chi connectivity index (χ2n) is 8.91. The second-order valence-corrected chi connectivity index (χ2v) is 8.91. The van der Waals surface area contributed by atoms with Crippen LogP contribution < -0.4 is 15.5 Å². The molecule has 2 aromatic carbocycles. The molecule has 2 heterocycles. The fraction of sp³-hybridized carbons (Fsp3) is 0.385. The molecule has 2 aliphatic heterocycles. The summed E-state index contributed by atoms with van der Waals surface area (Å²) in [6.07, 6.45) is 7.17. The Bertz CT molecular complexity index is 987. The van der Waals surface area contributed by atoms with Gasteiger partial charge in [-0.05, 0) is 61.3 Å². The summed E-state index contributed by atoms with van der Waals surface area (Å²) in [4.78, 5) is 27.6. The molecular formula is C26H29N3O2. The Labute approximate surface area is 183 Å². The molecule has 1 saturated carbocycles. The summed E-state index contributed by atoms with van der Waals surface area (Å²) in [6, 6.07) is 18.1. The molecule has 3 aliphatic rings. The second kappa shape index (κ2) is 8.67. The third-order valence-electron chi connectivity index (χ3n) is 6.83. The first-order chi connectivity index (χ1) is 15.2. The van der Waals surface area contributed by atoms with Gasteiger partial charge in [0, 0.05) is 24.4 Å². The van der Waals surface area contributed by atoms with Gasteiger partial charge in [-0.3, -0.25) is 9.59 Å².